The average Bonchev–Trinajstić information content (AvgIpc) is 2.99. The summed E-state index contributed by atoms with van der Waals surface area (Å²) in [4.78, 5) is 14.1. The summed E-state index contributed by atoms with van der Waals surface area (Å²) in [6, 6.07) is 4.93. The first-order chi connectivity index (χ1) is 11.4. The number of carbonyl (C=O) groups is 1. The van der Waals surface area contributed by atoms with Gasteiger partial charge in [-0.25, -0.2) is 12.5 Å². The number of aromatic nitrogens is 4. The summed E-state index contributed by atoms with van der Waals surface area (Å²) in [5.74, 6) is -1.05. The van der Waals surface area contributed by atoms with Gasteiger partial charge in [0.1, 0.15) is 0 Å². The second kappa shape index (κ2) is 8.48. The van der Waals surface area contributed by atoms with Crippen molar-refractivity contribution in [1.29, 1.82) is 0 Å². The maximum absolute atomic E-state index is 11.5. The third-order valence-electron chi connectivity index (χ3n) is 3.11. The number of tetrazole rings is 1. The lowest BCUT2D eigenvalue weighted by Crippen LogP contribution is -2.19. The molecule has 0 radical (unpaired) electrons. The lowest BCUT2D eigenvalue weighted by atomic mass is 10.2. The van der Waals surface area contributed by atoms with Gasteiger partial charge >= 0.3 is 5.97 Å². The van der Waals surface area contributed by atoms with Crippen molar-refractivity contribution < 1.29 is 13.0 Å². The summed E-state index contributed by atoms with van der Waals surface area (Å²) in [5, 5.41) is 21.5. The van der Waals surface area contributed by atoms with Crippen LogP contribution in [0.25, 0.3) is 0 Å². The third kappa shape index (κ3) is 4.70. The molecule has 0 amide bonds. The van der Waals surface area contributed by atoms with Crippen molar-refractivity contribution in [2.24, 2.45) is 0 Å². The zero-order valence-electron chi connectivity index (χ0n) is 13.4. The minimum Gasteiger partial charge on any atom is -0.478 e. The predicted molar refractivity (Wildman–Crippen MR) is 97.0 cm³/mol. The van der Waals surface area contributed by atoms with Crippen LogP contribution < -0.4 is 3.11 Å². The van der Waals surface area contributed by atoms with E-state index in [1.165, 1.54) is 17.8 Å². The highest BCUT2D eigenvalue weighted by Crippen LogP contribution is 2.32. The first-order valence-corrected chi connectivity index (χ1v) is 9.55. The maximum atomic E-state index is 11.5. The van der Waals surface area contributed by atoms with Crippen molar-refractivity contribution in [3.63, 3.8) is 0 Å². The van der Waals surface area contributed by atoms with Crippen molar-refractivity contribution in [2.75, 3.05) is 30.8 Å². The first kappa shape index (κ1) is 18.7. The molecular weight excluding hydrogens is 447 g/mol. The normalized spacial score (nSPS) is 11.0. The van der Waals surface area contributed by atoms with Crippen LogP contribution in [0.1, 0.15) is 10.4 Å². The van der Waals surface area contributed by atoms with Crippen molar-refractivity contribution in [2.45, 2.75) is 16.6 Å². The summed E-state index contributed by atoms with van der Waals surface area (Å²) >= 11 is -0.197. The number of rotatable bonds is 8. The molecule has 0 fully saturated rings. The third-order valence-corrected chi connectivity index (χ3v) is 5.31. The molecule has 0 saturated carbocycles. The van der Waals surface area contributed by atoms with Crippen LogP contribution in [0, 0.1) is 0 Å². The zero-order chi connectivity index (χ0) is 17.7. The smallest absolute Gasteiger partial charge is 0.336 e. The Morgan fingerprint density at radius 2 is 2.12 bits per heavy atom. The summed E-state index contributed by atoms with van der Waals surface area (Å²) in [5.41, 5.74) is 0.732. The van der Waals surface area contributed by atoms with E-state index in [4.69, 9.17) is 0 Å². The molecule has 130 valence electrons. The Kier molecular flexibility index (Phi) is 6.62. The van der Waals surface area contributed by atoms with E-state index in [0.29, 0.717) is 22.3 Å². The Hall–Kier alpha value is -1.60. The van der Waals surface area contributed by atoms with Gasteiger partial charge in [-0.05, 0) is 54.5 Å². The Morgan fingerprint density at radius 3 is 2.75 bits per heavy atom. The van der Waals surface area contributed by atoms with E-state index in [0.717, 1.165) is 6.54 Å². The molecule has 0 saturated heterocycles. The highest BCUT2D eigenvalue weighted by atomic mass is 127. The molecule has 1 heterocycles. The number of aromatic carboxylic acids is 1. The van der Waals surface area contributed by atoms with Crippen LogP contribution in [0.4, 0.5) is 5.69 Å². The number of hydrogen-bond donors (Lipinski definition) is 1. The molecule has 0 aliphatic heterocycles. The van der Waals surface area contributed by atoms with Crippen LogP contribution >= 0.6 is 33.2 Å². The van der Waals surface area contributed by atoms with E-state index >= 15 is 0 Å². The first-order valence-electron chi connectivity index (χ1n) is 6.89. The van der Waals surface area contributed by atoms with Crippen LogP contribution in [0.2, 0.25) is 0 Å². The van der Waals surface area contributed by atoms with Gasteiger partial charge in [0.05, 0.1) is 12.1 Å². The van der Waals surface area contributed by atoms with Gasteiger partial charge in [0.15, 0.2) is 0 Å². The average molecular weight is 464 g/mol. The van der Waals surface area contributed by atoms with E-state index in [1.807, 2.05) is 19.0 Å². The summed E-state index contributed by atoms with van der Waals surface area (Å²) in [6.45, 7) is 1.37. The van der Waals surface area contributed by atoms with Crippen LogP contribution in [0.5, 0.6) is 0 Å². The Bertz CT molecular complexity index is 738. The quantitative estimate of drug-likeness (QED) is 0.462. The fraction of sp³-hybridized carbons (Fsp3) is 0.385. The van der Waals surface area contributed by atoms with Crippen molar-refractivity contribution in [3.05, 3.63) is 23.8 Å². The minimum absolute atomic E-state index is 0.129. The van der Waals surface area contributed by atoms with E-state index in [9.17, 15) is 13.0 Å². The highest BCUT2D eigenvalue weighted by Gasteiger charge is 2.17. The van der Waals surface area contributed by atoms with Gasteiger partial charge in [0.25, 0.3) is 21.5 Å². The maximum Gasteiger partial charge on any atom is 0.336 e. The van der Waals surface area contributed by atoms with Crippen LogP contribution in [0.15, 0.2) is 28.3 Å². The van der Waals surface area contributed by atoms with Gasteiger partial charge < -0.3 is 10.0 Å². The Morgan fingerprint density at radius 1 is 1.38 bits per heavy atom. The number of nitrogens with zero attached hydrogens (tertiary/aromatic N) is 6. The van der Waals surface area contributed by atoms with Crippen molar-refractivity contribution >= 4 is 44.9 Å². The fourth-order valence-corrected chi connectivity index (χ4v) is 3.24. The standard InChI is InChI=1S/C13H17IN6O3S/c1-18(2)6-7-20-13(15-16-17-20)24-11-5-4-9(19(3)14-23)8-10(11)12(21)22/h4-5,8H,6-7H2,1-3H3,(H,21,22). The summed E-state index contributed by atoms with van der Waals surface area (Å²) < 4.78 is 14.3. The SMILES string of the molecule is CN(C)CCn1nnnc1Sc1ccc(N(C)I=O)cc1C(=O)O. The summed E-state index contributed by atoms with van der Waals surface area (Å²) in [7, 11) is 5.57. The lowest BCUT2D eigenvalue weighted by molar-refractivity contribution is 0.0693. The number of carboxylic acids is 1. The topological polar surface area (TPSA) is 104 Å². The molecule has 24 heavy (non-hydrogen) atoms. The number of likely N-dealkylation sites (N-methyl/N-ethyl adjacent to an activating group) is 1. The van der Waals surface area contributed by atoms with Crippen molar-refractivity contribution in [1.82, 2.24) is 25.1 Å². The van der Waals surface area contributed by atoms with Gasteiger partial charge in [-0.2, -0.15) is 0 Å². The fourth-order valence-electron chi connectivity index (χ4n) is 1.81. The predicted octanol–water partition coefficient (Wildman–Crippen LogP) is 1.75. The molecule has 1 N–H and O–H groups in total. The molecule has 0 spiro atoms. The number of benzene rings is 1. The molecule has 1 aromatic carbocycles. The van der Waals surface area contributed by atoms with Crippen molar-refractivity contribution in [3.8, 4) is 0 Å². The Labute approximate surface area is 154 Å². The second-order valence-corrected chi connectivity index (χ2v) is 7.97. The lowest BCUT2D eigenvalue weighted by Gasteiger charge is -2.13. The zero-order valence-corrected chi connectivity index (χ0v) is 16.4. The molecule has 0 atom stereocenters. The molecule has 0 bridgehead atoms. The number of carboxylic acid groups (broad SMARTS) is 1. The van der Waals surface area contributed by atoms with E-state index in [2.05, 4.69) is 15.5 Å². The van der Waals surface area contributed by atoms with Gasteiger partial charge in [-0.1, -0.05) is 0 Å². The second-order valence-electron chi connectivity index (χ2n) is 5.12. The molecule has 11 heteroatoms. The molecule has 9 nitrogen and oxygen atoms in total. The molecule has 0 unspecified atom stereocenters. The summed E-state index contributed by atoms with van der Waals surface area (Å²) in [6.07, 6.45) is 0. The number of hydrogen-bond acceptors (Lipinski definition) is 7. The van der Waals surface area contributed by atoms with Crippen LogP contribution in [-0.4, -0.2) is 63.9 Å². The highest BCUT2D eigenvalue weighted by molar-refractivity contribution is 14.1. The number of halogens is 1. The van der Waals surface area contributed by atoms with Crippen LogP contribution in [-0.2, 0) is 9.61 Å². The molecule has 1 aromatic heterocycles. The van der Waals surface area contributed by atoms with Gasteiger partial charge in [-0.15, -0.1) is 5.10 Å². The Balaban J connectivity index is 2.28. The molecule has 0 aliphatic carbocycles. The van der Waals surface area contributed by atoms with E-state index in [1.54, 1.807) is 27.0 Å². The monoisotopic (exact) mass is 464 g/mol. The number of anilines is 1. The molecule has 2 aromatic rings. The molecule has 2 rings (SSSR count). The van der Waals surface area contributed by atoms with Gasteiger partial charge in [0, 0.05) is 24.2 Å². The largest absolute Gasteiger partial charge is 0.478 e. The van der Waals surface area contributed by atoms with E-state index < -0.39 is 27.4 Å². The van der Waals surface area contributed by atoms with Gasteiger partial charge in [-0.3, -0.25) is 3.11 Å². The minimum atomic E-state index is -1.39. The molecule has 0 aliphatic rings. The van der Waals surface area contributed by atoms with E-state index in [-0.39, 0.29) is 5.56 Å². The van der Waals surface area contributed by atoms with Gasteiger partial charge in [0.2, 0.25) is 5.16 Å². The molecular formula is C13H17IN6O3S. The van der Waals surface area contributed by atoms with Crippen LogP contribution in [0.3, 0.4) is 0 Å².